The van der Waals surface area contributed by atoms with E-state index in [2.05, 4.69) is 0 Å². The molecule has 2 aliphatic rings. The highest BCUT2D eigenvalue weighted by Gasteiger charge is 2.43. The van der Waals surface area contributed by atoms with Gasteiger partial charge in [0.25, 0.3) is 0 Å². The quantitative estimate of drug-likeness (QED) is 0.915. The second-order valence-corrected chi connectivity index (χ2v) is 8.04. The van der Waals surface area contributed by atoms with Crippen molar-refractivity contribution in [2.24, 2.45) is 5.92 Å². The number of aliphatic hydroxyl groups excluding tert-OH is 1. The molecular weight excluding hydrogens is 302 g/mol. The Hall–Kier alpha value is -0.950. The third-order valence-electron chi connectivity index (χ3n) is 4.79. The molecule has 0 aliphatic carbocycles. The summed E-state index contributed by atoms with van der Waals surface area (Å²) in [5.74, 6) is -0.130. The van der Waals surface area contributed by atoms with Gasteiger partial charge in [0.2, 0.25) is 10.0 Å². The van der Waals surface area contributed by atoms with Gasteiger partial charge in [-0.1, -0.05) is 18.2 Å². The SMILES string of the molecule is Cc1ccccc1S(=O)(=O)N1CCC[C@@H]1[C@@H]1COCC[C@H]1O. The highest BCUT2D eigenvalue weighted by atomic mass is 32.2. The van der Waals surface area contributed by atoms with Gasteiger partial charge in [-0.05, 0) is 37.8 Å². The fourth-order valence-electron chi connectivity index (χ4n) is 3.58. The van der Waals surface area contributed by atoms with Crippen LogP contribution in [-0.2, 0) is 14.8 Å². The molecule has 0 radical (unpaired) electrons. The van der Waals surface area contributed by atoms with Gasteiger partial charge in [0.15, 0.2) is 0 Å². The van der Waals surface area contributed by atoms with E-state index in [0.717, 1.165) is 18.4 Å². The number of hydrogen-bond acceptors (Lipinski definition) is 4. The second kappa shape index (κ2) is 6.28. The van der Waals surface area contributed by atoms with Crippen LogP contribution < -0.4 is 0 Å². The third-order valence-corrected chi connectivity index (χ3v) is 6.87. The predicted octanol–water partition coefficient (Wildman–Crippen LogP) is 1.55. The van der Waals surface area contributed by atoms with E-state index in [0.29, 0.717) is 31.1 Å². The van der Waals surface area contributed by atoms with Crippen LogP contribution in [0.15, 0.2) is 29.2 Å². The summed E-state index contributed by atoms with van der Waals surface area (Å²) in [5, 5.41) is 10.2. The van der Waals surface area contributed by atoms with Gasteiger partial charge in [-0.25, -0.2) is 8.42 Å². The zero-order valence-corrected chi connectivity index (χ0v) is 13.6. The van der Waals surface area contributed by atoms with Crippen LogP contribution >= 0.6 is 0 Å². The standard InChI is InChI=1S/C16H23NO4S/c1-12-5-2-3-7-16(12)22(19,20)17-9-4-6-14(17)13-11-21-10-8-15(13)18/h2-3,5,7,13-15,18H,4,6,8-11H2,1H3/t13-,14+,15+/m0/s1. The monoisotopic (exact) mass is 325 g/mol. The van der Waals surface area contributed by atoms with Gasteiger partial charge in [0.1, 0.15) is 0 Å². The molecule has 2 saturated heterocycles. The molecule has 2 aliphatic heterocycles. The van der Waals surface area contributed by atoms with Crippen molar-refractivity contribution >= 4 is 10.0 Å². The van der Waals surface area contributed by atoms with Crippen molar-refractivity contribution in [2.75, 3.05) is 19.8 Å². The zero-order chi connectivity index (χ0) is 15.7. The molecule has 122 valence electrons. The van der Waals surface area contributed by atoms with E-state index in [-0.39, 0.29) is 12.0 Å². The van der Waals surface area contributed by atoms with E-state index < -0.39 is 16.1 Å². The molecule has 1 aromatic rings. The second-order valence-electron chi connectivity index (χ2n) is 6.19. The number of hydrogen-bond donors (Lipinski definition) is 1. The van der Waals surface area contributed by atoms with Gasteiger partial charge in [0.05, 0.1) is 17.6 Å². The van der Waals surface area contributed by atoms with Crippen molar-refractivity contribution < 1.29 is 18.3 Å². The first kappa shape index (κ1) is 15.9. The average Bonchev–Trinajstić information content (AvgIpc) is 2.98. The first-order valence-corrected chi connectivity index (χ1v) is 9.29. The Morgan fingerprint density at radius 3 is 2.77 bits per heavy atom. The molecule has 0 saturated carbocycles. The molecule has 5 nitrogen and oxygen atoms in total. The van der Waals surface area contributed by atoms with E-state index >= 15 is 0 Å². The Kier molecular flexibility index (Phi) is 4.54. The molecule has 6 heteroatoms. The van der Waals surface area contributed by atoms with Gasteiger partial charge >= 0.3 is 0 Å². The lowest BCUT2D eigenvalue weighted by Crippen LogP contribution is -2.48. The summed E-state index contributed by atoms with van der Waals surface area (Å²) in [7, 11) is -3.52. The minimum Gasteiger partial charge on any atom is -0.393 e. The third kappa shape index (κ3) is 2.80. The van der Waals surface area contributed by atoms with Crippen molar-refractivity contribution in [2.45, 2.75) is 43.2 Å². The smallest absolute Gasteiger partial charge is 0.243 e. The maximum atomic E-state index is 13.0. The summed E-state index contributed by atoms with van der Waals surface area (Å²) >= 11 is 0. The number of benzene rings is 1. The molecule has 3 rings (SSSR count). The van der Waals surface area contributed by atoms with Gasteiger partial charge in [0, 0.05) is 25.1 Å². The number of sulfonamides is 1. The largest absolute Gasteiger partial charge is 0.393 e. The van der Waals surface area contributed by atoms with Gasteiger partial charge < -0.3 is 9.84 Å². The van der Waals surface area contributed by atoms with Crippen molar-refractivity contribution in [3.05, 3.63) is 29.8 Å². The molecule has 3 atom stereocenters. The number of ether oxygens (including phenoxy) is 1. The molecule has 0 aromatic heterocycles. The normalized spacial score (nSPS) is 30.5. The highest BCUT2D eigenvalue weighted by molar-refractivity contribution is 7.89. The van der Waals surface area contributed by atoms with Crippen LogP contribution in [0.1, 0.15) is 24.8 Å². The number of aliphatic hydroxyl groups is 1. The minimum atomic E-state index is -3.52. The van der Waals surface area contributed by atoms with Crippen LogP contribution in [0.25, 0.3) is 0 Å². The Bertz CT molecular complexity index is 631. The first-order chi connectivity index (χ1) is 10.5. The van der Waals surface area contributed by atoms with Crippen LogP contribution in [-0.4, -0.2) is 49.7 Å². The van der Waals surface area contributed by atoms with E-state index in [4.69, 9.17) is 4.74 Å². The fraction of sp³-hybridized carbons (Fsp3) is 0.625. The van der Waals surface area contributed by atoms with Crippen LogP contribution in [0.3, 0.4) is 0 Å². The maximum Gasteiger partial charge on any atom is 0.243 e. The lowest BCUT2D eigenvalue weighted by molar-refractivity contribution is -0.0543. The Labute approximate surface area is 131 Å². The number of nitrogens with zero attached hydrogens (tertiary/aromatic N) is 1. The van der Waals surface area contributed by atoms with Gasteiger partial charge in [-0.3, -0.25) is 0 Å². The van der Waals surface area contributed by atoms with Gasteiger partial charge in [-0.2, -0.15) is 4.31 Å². The summed E-state index contributed by atoms with van der Waals surface area (Å²) in [6.45, 7) is 3.32. The highest BCUT2D eigenvalue weighted by Crippen LogP contribution is 2.34. The van der Waals surface area contributed by atoms with Crippen LogP contribution in [0.4, 0.5) is 0 Å². The molecule has 0 spiro atoms. The Balaban J connectivity index is 1.91. The fourth-order valence-corrected chi connectivity index (χ4v) is 5.55. The number of rotatable bonds is 3. The summed E-state index contributed by atoms with van der Waals surface area (Å²) in [4.78, 5) is 0.369. The van der Waals surface area contributed by atoms with Crippen LogP contribution in [0, 0.1) is 12.8 Å². The lowest BCUT2D eigenvalue weighted by Gasteiger charge is -2.36. The van der Waals surface area contributed by atoms with Gasteiger partial charge in [-0.15, -0.1) is 0 Å². The van der Waals surface area contributed by atoms with Crippen molar-refractivity contribution in [3.8, 4) is 0 Å². The van der Waals surface area contributed by atoms with E-state index in [9.17, 15) is 13.5 Å². The molecule has 22 heavy (non-hydrogen) atoms. The summed E-state index contributed by atoms with van der Waals surface area (Å²) in [5.41, 5.74) is 0.758. The molecule has 0 amide bonds. The van der Waals surface area contributed by atoms with Crippen molar-refractivity contribution in [1.29, 1.82) is 0 Å². The van der Waals surface area contributed by atoms with E-state index in [1.54, 1.807) is 16.4 Å². The zero-order valence-electron chi connectivity index (χ0n) is 12.8. The molecular formula is C16H23NO4S. The molecule has 2 heterocycles. The molecule has 1 aromatic carbocycles. The predicted molar refractivity (Wildman–Crippen MR) is 83.0 cm³/mol. The maximum absolute atomic E-state index is 13.0. The van der Waals surface area contributed by atoms with E-state index in [1.807, 2.05) is 19.1 Å². The van der Waals surface area contributed by atoms with Crippen LogP contribution in [0.5, 0.6) is 0 Å². The summed E-state index contributed by atoms with van der Waals surface area (Å²) < 4.78 is 33.1. The lowest BCUT2D eigenvalue weighted by atomic mass is 9.90. The molecule has 0 bridgehead atoms. The molecule has 1 N–H and O–H groups in total. The van der Waals surface area contributed by atoms with E-state index in [1.165, 1.54) is 0 Å². The molecule has 0 unspecified atom stereocenters. The first-order valence-electron chi connectivity index (χ1n) is 7.85. The minimum absolute atomic E-state index is 0.130. The average molecular weight is 325 g/mol. The topological polar surface area (TPSA) is 66.8 Å². The summed E-state index contributed by atoms with van der Waals surface area (Å²) in [6.07, 6.45) is 1.72. The van der Waals surface area contributed by atoms with Crippen molar-refractivity contribution in [1.82, 2.24) is 4.31 Å². The number of aryl methyl sites for hydroxylation is 1. The molecule has 2 fully saturated rings. The summed E-state index contributed by atoms with van der Waals surface area (Å²) in [6, 6.07) is 6.91. The Morgan fingerprint density at radius 2 is 2.05 bits per heavy atom. The Morgan fingerprint density at radius 1 is 1.27 bits per heavy atom. The van der Waals surface area contributed by atoms with Crippen molar-refractivity contribution in [3.63, 3.8) is 0 Å². The van der Waals surface area contributed by atoms with Crippen LogP contribution in [0.2, 0.25) is 0 Å².